The van der Waals surface area contributed by atoms with Crippen LogP contribution in [0.4, 0.5) is 4.39 Å². The summed E-state index contributed by atoms with van der Waals surface area (Å²) >= 11 is 0. The van der Waals surface area contributed by atoms with Gasteiger partial charge in [-0.1, -0.05) is 12.1 Å². The highest BCUT2D eigenvalue weighted by atomic mass is 19.1. The summed E-state index contributed by atoms with van der Waals surface area (Å²) in [6, 6.07) is 6.77. The fourth-order valence-electron chi connectivity index (χ4n) is 3.30. The summed E-state index contributed by atoms with van der Waals surface area (Å²) < 4.78 is 12.9. The molecule has 0 unspecified atom stereocenters. The maximum Gasteiger partial charge on any atom is 0.220 e. The predicted octanol–water partition coefficient (Wildman–Crippen LogP) is 2.32. The monoisotopic (exact) mass is 276 g/mol. The van der Waals surface area contributed by atoms with Gasteiger partial charge in [0.1, 0.15) is 5.82 Å². The topological polar surface area (TPSA) is 32.3 Å². The van der Waals surface area contributed by atoms with E-state index in [4.69, 9.17) is 0 Å². The van der Waals surface area contributed by atoms with Crippen LogP contribution < -0.4 is 5.32 Å². The molecule has 0 radical (unpaired) electrons. The van der Waals surface area contributed by atoms with Crippen molar-refractivity contribution in [2.45, 2.75) is 32.2 Å². The number of halogens is 1. The Morgan fingerprint density at radius 1 is 1.15 bits per heavy atom. The number of hydrogen-bond acceptors (Lipinski definition) is 2. The van der Waals surface area contributed by atoms with Crippen LogP contribution in [0.2, 0.25) is 0 Å². The minimum Gasteiger partial charge on any atom is -0.356 e. The van der Waals surface area contributed by atoms with Gasteiger partial charge in [0.05, 0.1) is 0 Å². The van der Waals surface area contributed by atoms with Crippen molar-refractivity contribution in [2.24, 2.45) is 5.41 Å². The minimum atomic E-state index is -0.177. The number of carbonyl (C=O) groups excluding carboxylic acids is 1. The van der Waals surface area contributed by atoms with Crippen molar-refractivity contribution in [3.05, 3.63) is 35.6 Å². The first kappa shape index (κ1) is 13.6. The van der Waals surface area contributed by atoms with Crippen LogP contribution in [-0.4, -0.2) is 30.4 Å². The van der Waals surface area contributed by atoms with E-state index in [2.05, 4.69) is 10.2 Å². The van der Waals surface area contributed by atoms with E-state index in [-0.39, 0.29) is 11.7 Å². The van der Waals surface area contributed by atoms with Gasteiger partial charge in [0.2, 0.25) is 5.91 Å². The van der Waals surface area contributed by atoms with E-state index in [1.54, 1.807) is 0 Å². The maximum atomic E-state index is 12.9. The molecule has 2 aliphatic rings. The first-order valence-electron chi connectivity index (χ1n) is 7.39. The average Bonchev–Trinajstić information content (AvgIpc) is 2.47. The van der Waals surface area contributed by atoms with Gasteiger partial charge in [0.25, 0.3) is 0 Å². The Kier molecular flexibility index (Phi) is 3.74. The lowest BCUT2D eigenvalue weighted by Crippen LogP contribution is -2.49. The molecule has 0 aliphatic carbocycles. The molecule has 20 heavy (non-hydrogen) atoms. The number of amides is 1. The van der Waals surface area contributed by atoms with Gasteiger partial charge in [-0.3, -0.25) is 9.69 Å². The van der Waals surface area contributed by atoms with E-state index < -0.39 is 0 Å². The Morgan fingerprint density at radius 3 is 2.45 bits per heavy atom. The lowest BCUT2D eigenvalue weighted by molar-refractivity contribution is -0.125. The molecule has 2 fully saturated rings. The van der Waals surface area contributed by atoms with E-state index in [0.29, 0.717) is 11.8 Å². The van der Waals surface area contributed by atoms with E-state index in [1.807, 2.05) is 12.1 Å². The molecule has 1 amide bonds. The molecule has 2 aliphatic heterocycles. The number of nitrogens with one attached hydrogen (secondary N) is 1. The molecule has 0 aromatic heterocycles. The van der Waals surface area contributed by atoms with Gasteiger partial charge in [-0.15, -0.1) is 0 Å². The molecular weight excluding hydrogens is 255 g/mol. The second kappa shape index (κ2) is 5.52. The number of likely N-dealkylation sites (tertiary alicyclic amines) is 1. The fourth-order valence-corrected chi connectivity index (χ4v) is 3.30. The third-order valence-electron chi connectivity index (χ3n) is 4.78. The van der Waals surface area contributed by atoms with Gasteiger partial charge in [0.15, 0.2) is 0 Å². The highest BCUT2D eigenvalue weighted by molar-refractivity contribution is 5.76. The van der Waals surface area contributed by atoms with Crippen molar-refractivity contribution in [1.82, 2.24) is 10.2 Å². The third kappa shape index (κ3) is 3.01. The zero-order valence-electron chi connectivity index (χ0n) is 11.7. The standard InChI is InChI=1S/C16H21FN2O/c17-14-3-1-13(2-4-14)11-19-9-7-16(8-10-19)6-5-15(20)18-12-16/h1-4H,5-12H2,(H,18,20). The van der Waals surface area contributed by atoms with Crippen LogP contribution in [0.25, 0.3) is 0 Å². The second-order valence-electron chi connectivity index (χ2n) is 6.18. The van der Waals surface area contributed by atoms with Crippen molar-refractivity contribution in [1.29, 1.82) is 0 Å². The Morgan fingerprint density at radius 2 is 1.85 bits per heavy atom. The Hall–Kier alpha value is -1.42. The lowest BCUT2D eigenvalue weighted by atomic mass is 9.73. The molecule has 0 bridgehead atoms. The van der Waals surface area contributed by atoms with Crippen molar-refractivity contribution < 1.29 is 9.18 Å². The number of piperidine rings is 2. The molecule has 1 aromatic carbocycles. The van der Waals surface area contributed by atoms with Gasteiger partial charge in [-0.2, -0.15) is 0 Å². The minimum absolute atomic E-state index is 0.177. The molecule has 4 heteroatoms. The van der Waals surface area contributed by atoms with Gasteiger partial charge in [-0.05, 0) is 55.5 Å². The molecule has 108 valence electrons. The summed E-state index contributed by atoms with van der Waals surface area (Å²) in [4.78, 5) is 13.7. The summed E-state index contributed by atoms with van der Waals surface area (Å²) in [5.41, 5.74) is 1.49. The Balaban J connectivity index is 1.53. The smallest absolute Gasteiger partial charge is 0.220 e. The largest absolute Gasteiger partial charge is 0.356 e. The van der Waals surface area contributed by atoms with Crippen LogP contribution in [0, 0.1) is 11.2 Å². The average molecular weight is 276 g/mol. The SMILES string of the molecule is O=C1CCC2(CCN(Cc3ccc(F)cc3)CC2)CN1. The van der Waals surface area contributed by atoms with E-state index >= 15 is 0 Å². The molecule has 3 nitrogen and oxygen atoms in total. The van der Waals surface area contributed by atoms with Crippen molar-refractivity contribution >= 4 is 5.91 Å². The van der Waals surface area contributed by atoms with Gasteiger partial charge >= 0.3 is 0 Å². The zero-order valence-corrected chi connectivity index (χ0v) is 11.7. The highest BCUT2D eigenvalue weighted by Gasteiger charge is 2.37. The quantitative estimate of drug-likeness (QED) is 0.899. The van der Waals surface area contributed by atoms with Crippen molar-refractivity contribution in [3.8, 4) is 0 Å². The predicted molar refractivity (Wildman–Crippen MR) is 75.6 cm³/mol. The number of rotatable bonds is 2. The third-order valence-corrected chi connectivity index (χ3v) is 4.78. The normalized spacial score (nSPS) is 22.8. The molecule has 1 N–H and O–H groups in total. The molecule has 1 spiro atoms. The number of carbonyl (C=O) groups is 1. The van der Waals surface area contributed by atoms with Crippen LogP contribution in [-0.2, 0) is 11.3 Å². The first-order chi connectivity index (χ1) is 9.65. The fraction of sp³-hybridized carbons (Fsp3) is 0.562. The van der Waals surface area contributed by atoms with Crippen LogP contribution in [0.5, 0.6) is 0 Å². The number of nitrogens with zero attached hydrogens (tertiary/aromatic N) is 1. The van der Waals surface area contributed by atoms with E-state index in [1.165, 1.54) is 17.7 Å². The van der Waals surface area contributed by atoms with Crippen LogP contribution in [0.1, 0.15) is 31.2 Å². The first-order valence-corrected chi connectivity index (χ1v) is 7.39. The molecular formula is C16H21FN2O. The Labute approximate surface area is 119 Å². The molecule has 0 saturated carbocycles. The summed E-state index contributed by atoms with van der Waals surface area (Å²) in [6.45, 7) is 3.86. The van der Waals surface area contributed by atoms with E-state index in [0.717, 1.165) is 45.4 Å². The van der Waals surface area contributed by atoms with Crippen LogP contribution >= 0.6 is 0 Å². The summed E-state index contributed by atoms with van der Waals surface area (Å²) in [7, 11) is 0. The summed E-state index contributed by atoms with van der Waals surface area (Å²) in [5, 5.41) is 3.01. The van der Waals surface area contributed by atoms with Gasteiger partial charge in [-0.25, -0.2) is 4.39 Å². The highest BCUT2D eigenvalue weighted by Crippen LogP contribution is 2.37. The molecule has 2 saturated heterocycles. The van der Waals surface area contributed by atoms with Crippen molar-refractivity contribution in [2.75, 3.05) is 19.6 Å². The van der Waals surface area contributed by atoms with Gasteiger partial charge in [0, 0.05) is 19.5 Å². The van der Waals surface area contributed by atoms with Crippen LogP contribution in [0.3, 0.4) is 0 Å². The number of benzene rings is 1. The number of hydrogen-bond donors (Lipinski definition) is 1. The molecule has 3 rings (SSSR count). The Bertz CT molecular complexity index is 466. The zero-order chi connectivity index (χ0) is 14.0. The van der Waals surface area contributed by atoms with E-state index in [9.17, 15) is 9.18 Å². The lowest BCUT2D eigenvalue weighted by Gasteiger charge is -2.44. The van der Waals surface area contributed by atoms with Crippen molar-refractivity contribution in [3.63, 3.8) is 0 Å². The summed E-state index contributed by atoms with van der Waals surface area (Å²) in [5.74, 6) is 0.0219. The second-order valence-corrected chi connectivity index (χ2v) is 6.18. The molecule has 1 aromatic rings. The molecule has 2 heterocycles. The van der Waals surface area contributed by atoms with Crippen LogP contribution in [0.15, 0.2) is 24.3 Å². The summed E-state index contributed by atoms with van der Waals surface area (Å²) in [6.07, 6.45) is 4.00. The van der Waals surface area contributed by atoms with Gasteiger partial charge < -0.3 is 5.32 Å². The maximum absolute atomic E-state index is 12.9. The molecule has 0 atom stereocenters.